The molecule has 6 heteroatoms. The van der Waals surface area contributed by atoms with Gasteiger partial charge in [0.25, 0.3) is 0 Å². The molecular weight excluding hydrogens is 404 g/mol. The van der Waals surface area contributed by atoms with Crippen LogP contribution in [0.25, 0.3) is 16.6 Å². The zero-order chi connectivity index (χ0) is 21.8. The van der Waals surface area contributed by atoms with Gasteiger partial charge >= 0.3 is 0 Å². The maximum atomic E-state index is 12.9. The van der Waals surface area contributed by atoms with E-state index in [4.69, 9.17) is 5.73 Å². The average Bonchev–Trinajstić information content (AvgIpc) is 3.04. The molecule has 0 unspecified atom stereocenters. The van der Waals surface area contributed by atoms with Gasteiger partial charge in [0.2, 0.25) is 0 Å². The first-order valence-electron chi connectivity index (χ1n) is 10.3. The predicted octanol–water partition coefficient (Wildman–Crippen LogP) is 5.62. The van der Waals surface area contributed by atoms with E-state index < -0.39 is 0 Å². The number of benzene rings is 2. The minimum atomic E-state index is -0.0667. The van der Waals surface area contributed by atoms with Crippen LogP contribution in [-0.2, 0) is 6.42 Å². The fraction of sp³-hybridized carbons (Fsp3) is 0.240. The lowest BCUT2D eigenvalue weighted by atomic mass is 9.75. The first-order valence-corrected chi connectivity index (χ1v) is 11.2. The van der Waals surface area contributed by atoms with E-state index in [0.717, 1.165) is 49.6 Å². The fourth-order valence-corrected chi connectivity index (χ4v) is 5.56. The average molecular weight is 429 g/mol. The van der Waals surface area contributed by atoms with E-state index in [9.17, 15) is 4.79 Å². The Bertz CT molecular complexity index is 1320. The van der Waals surface area contributed by atoms with Crippen LogP contribution in [0, 0.1) is 12.3 Å². The van der Waals surface area contributed by atoms with Crippen LogP contribution in [0.1, 0.15) is 41.9 Å². The molecule has 0 saturated heterocycles. The maximum Gasteiger partial charge on any atom is 0.165 e. The molecule has 1 aliphatic rings. The quantitative estimate of drug-likeness (QED) is 0.459. The smallest absolute Gasteiger partial charge is 0.165 e. The van der Waals surface area contributed by atoms with Crippen molar-refractivity contribution in [3.05, 3.63) is 71.8 Å². The molecule has 0 spiro atoms. The molecular formula is C25H24N4OS. The lowest BCUT2D eigenvalue weighted by Crippen LogP contribution is -2.28. The van der Waals surface area contributed by atoms with Crippen LogP contribution in [0.15, 0.2) is 64.8 Å². The summed E-state index contributed by atoms with van der Waals surface area (Å²) in [6.07, 6.45) is 5.03. The van der Waals surface area contributed by atoms with Gasteiger partial charge in [-0.15, -0.1) is 0 Å². The zero-order valence-electron chi connectivity index (χ0n) is 17.8. The predicted molar refractivity (Wildman–Crippen MR) is 125 cm³/mol. The van der Waals surface area contributed by atoms with E-state index in [1.54, 1.807) is 11.8 Å². The van der Waals surface area contributed by atoms with Crippen molar-refractivity contribution < 1.29 is 4.79 Å². The molecule has 2 aromatic heterocycles. The Hall–Kier alpha value is -3.12. The van der Waals surface area contributed by atoms with Gasteiger partial charge in [-0.05, 0) is 48.6 Å². The second-order valence-corrected chi connectivity index (χ2v) is 10.0. The highest BCUT2D eigenvalue weighted by atomic mass is 32.2. The van der Waals surface area contributed by atoms with Gasteiger partial charge in [0, 0.05) is 34.2 Å². The standard InChI is InChI=1S/C25H24N4OS/c1-15-13-29(19-11-25(2,3)12-20(30)21(15)19)18-10-9-17-22(27-14-28-24(17)26)23(18)31-16-7-5-4-6-8-16/h4-10,13-14H,11-12H2,1-3H3,(H2,26,27,28). The van der Waals surface area contributed by atoms with Crippen LogP contribution in [-0.4, -0.2) is 20.3 Å². The second kappa shape index (κ2) is 7.24. The highest BCUT2D eigenvalue weighted by molar-refractivity contribution is 7.99. The minimum Gasteiger partial charge on any atom is -0.383 e. The first-order chi connectivity index (χ1) is 14.8. The lowest BCUT2D eigenvalue weighted by Gasteiger charge is -2.30. The molecule has 0 aliphatic heterocycles. The van der Waals surface area contributed by atoms with E-state index >= 15 is 0 Å². The van der Waals surface area contributed by atoms with Crippen molar-refractivity contribution in [1.29, 1.82) is 0 Å². The summed E-state index contributed by atoms with van der Waals surface area (Å²) >= 11 is 1.66. The summed E-state index contributed by atoms with van der Waals surface area (Å²) in [6.45, 7) is 6.35. The number of aromatic nitrogens is 3. The summed E-state index contributed by atoms with van der Waals surface area (Å²) in [4.78, 5) is 23.8. The number of Topliss-reactive ketones (excluding diaryl/α,β-unsaturated/α-hetero) is 1. The number of fused-ring (bicyclic) bond motifs is 2. The van der Waals surface area contributed by atoms with E-state index in [1.807, 2.05) is 31.2 Å². The van der Waals surface area contributed by atoms with E-state index in [0.29, 0.717) is 12.2 Å². The number of carbonyl (C=O) groups is 1. The SMILES string of the molecule is Cc1cn(-c2ccc3c(N)ncnc3c2Sc2ccccc2)c2c1C(=O)CC(C)(C)C2. The first kappa shape index (κ1) is 19.8. The van der Waals surface area contributed by atoms with Crippen molar-refractivity contribution in [2.45, 2.75) is 43.4 Å². The molecule has 2 aromatic carbocycles. The third-order valence-corrected chi connectivity index (χ3v) is 6.97. The third kappa shape index (κ3) is 3.41. The van der Waals surface area contributed by atoms with Crippen molar-refractivity contribution in [2.75, 3.05) is 5.73 Å². The molecule has 0 fully saturated rings. The number of nitrogens with two attached hydrogens (primary N) is 1. The van der Waals surface area contributed by atoms with Crippen molar-refractivity contribution >= 4 is 34.3 Å². The van der Waals surface area contributed by atoms with Crippen molar-refractivity contribution in [1.82, 2.24) is 14.5 Å². The highest BCUT2D eigenvalue weighted by Gasteiger charge is 2.35. The van der Waals surface area contributed by atoms with Crippen LogP contribution in [0.5, 0.6) is 0 Å². The van der Waals surface area contributed by atoms with Gasteiger partial charge in [-0.3, -0.25) is 4.79 Å². The van der Waals surface area contributed by atoms with Crippen LogP contribution in [0.2, 0.25) is 0 Å². The summed E-state index contributed by atoms with van der Waals surface area (Å²) in [5, 5.41) is 0.832. The number of hydrogen-bond donors (Lipinski definition) is 1. The third-order valence-electron chi connectivity index (χ3n) is 5.85. The summed E-state index contributed by atoms with van der Waals surface area (Å²) in [5.41, 5.74) is 10.9. The van der Waals surface area contributed by atoms with E-state index in [2.05, 4.69) is 52.8 Å². The van der Waals surface area contributed by atoms with E-state index in [1.165, 1.54) is 6.33 Å². The number of aryl methyl sites for hydroxylation is 1. The molecule has 2 heterocycles. The molecule has 0 atom stereocenters. The largest absolute Gasteiger partial charge is 0.383 e. The molecule has 0 saturated carbocycles. The normalized spacial score (nSPS) is 15.3. The van der Waals surface area contributed by atoms with Crippen molar-refractivity contribution in [3.63, 3.8) is 0 Å². The van der Waals surface area contributed by atoms with E-state index in [-0.39, 0.29) is 11.2 Å². The van der Waals surface area contributed by atoms with Gasteiger partial charge in [-0.1, -0.05) is 43.8 Å². The van der Waals surface area contributed by atoms with Gasteiger partial charge in [0.15, 0.2) is 5.78 Å². The number of nitrogen functional groups attached to an aromatic ring is 1. The minimum absolute atomic E-state index is 0.0667. The Morgan fingerprint density at radius 3 is 2.61 bits per heavy atom. The molecule has 5 nitrogen and oxygen atoms in total. The summed E-state index contributed by atoms with van der Waals surface area (Å²) < 4.78 is 2.19. The zero-order valence-corrected chi connectivity index (χ0v) is 18.7. The lowest BCUT2D eigenvalue weighted by molar-refractivity contribution is 0.0910. The Labute approximate surface area is 185 Å². The Morgan fingerprint density at radius 2 is 1.84 bits per heavy atom. The number of rotatable bonds is 3. The Morgan fingerprint density at radius 1 is 1.06 bits per heavy atom. The monoisotopic (exact) mass is 428 g/mol. The summed E-state index contributed by atoms with van der Waals surface area (Å²) in [6, 6.07) is 14.3. The fourth-order valence-electron chi connectivity index (χ4n) is 4.50. The van der Waals surface area contributed by atoms with Gasteiger partial charge in [0.1, 0.15) is 12.1 Å². The summed E-state index contributed by atoms with van der Waals surface area (Å²) in [5.74, 6) is 0.695. The van der Waals surface area contributed by atoms with Gasteiger partial charge < -0.3 is 10.3 Å². The molecule has 5 rings (SSSR count). The molecule has 0 amide bonds. The van der Waals surface area contributed by atoms with Gasteiger partial charge in [-0.2, -0.15) is 0 Å². The van der Waals surface area contributed by atoms with Crippen LogP contribution in [0.3, 0.4) is 0 Å². The number of hydrogen-bond acceptors (Lipinski definition) is 5. The van der Waals surface area contributed by atoms with Gasteiger partial charge in [-0.25, -0.2) is 9.97 Å². The van der Waals surface area contributed by atoms with Crippen LogP contribution < -0.4 is 5.73 Å². The topological polar surface area (TPSA) is 73.8 Å². The molecule has 31 heavy (non-hydrogen) atoms. The van der Waals surface area contributed by atoms with Crippen molar-refractivity contribution in [3.8, 4) is 5.69 Å². The molecule has 1 aliphatic carbocycles. The molecule has 0 radical (unpaired) electrons. The molecule has 4 aromatic rings. The van der Waals surface area contributed by atoms with Crippen LogP contribution in [0.4, 0.5) is 5.82 Å². The number of ketones is 1. The molecule has 2 N–H and O–H groups in total. The number of nitrogens with zero attached hydrogens (tertiary/aromatic N) is 3. The Balaban J connectivity index is 1.78. The second-order valence-electron chi connectivity index (χ2n) is 8.93. The molecule has 0 bridgehead atoms. The van der Waals surface area contributed by atoms with Crippen molar-refractivity contribution in [2.24, 2.45) is 5.41 Å². The Kier molecular flexibility index (Phi) is 4.63. The number of carbonyl (C=O) groups excluding carboxylic acids is 1. The van der Waals surface area contributed by atoms with Crippen LogP contribution >= 0.6 is 11.8 Å². The maximum absolute atomic E-state index is 12.9. The molecule has 156 valence electrons. The van der Waals surface area contributed by atoms with Gasteiger partial charge in [0.05, 0.1) is 16.1 Å². The highest BCUT2D eigenvalue weighted by Crippen LogP contribution is 2.42. The number of anilines is 1. The summed E-state index contributed by atoms with van der Waals surface area (Å²) in [7, 11) is 0.